The quantitative estimate of drug-likeness (QED) is 0.625. The van der Waals surface area contributed by atoms with Gasteiger partial charge in [-0.15, -0.1) is 12.6 Å². The minimum atomic E-state index is 0.159. The van der Waals surface area contributed by atoms with E-state index in [2.05, 4.69) is 17.5 Å². The maximum atomic E-state index is 11.6. The van der Waals surface area contributed by atoms with Crippen molar-refractivity contribution in [1.29, 1.82) is 0 Å². The van der Waals surface area contributed by atoms with Crippen molar-refractivity contribution in [3.8, 4) is 0 Å². The highest BCUT2D eigenvalue weighted by Gasteiger charge is 2.33. The van der Waals surface area contributed by atoms with Gasteiger partial charge in [0.1, 0.15) is 15.9 Å². The number of thiol groups is 1. The maximum Gasteiger partial charge on any atom is 0.134 e. The monoisotopic (exact) mass is 285 g/mol. The van der Waals surface area contributed by atoms with Gasteiger partial charge in [-0.1, -0.05) is 12.2 Å². The molecule has 0 saturated heterocycles. The molecule has 100 valence electrons. The van der Waals surface area contributed by atoms with Gasteiger partial charge in [0.05, 0.1) is 0 Å². The number of ketones is 2. The van der Waals surface area contributed by atoms with Crippen LogP contribution in [-0.2, 0) is 9.59 Å². The zero-order valence-electron chi connectivity index (χ0n) is 10.4. The van der Waals surface area contributed by atoms with E-state index in [0.29, 0.717) is 41.6 Å². The van der Waals surface area contributed by atoms with Crippen LogP contribution < -0.4 is 0 Å². The molecule has 0 spiro atoms. The SMILES string of the molecule is O=C1CCCC(N(C(=S)S)C2CCCC(=O)C2)C1. The smallest absolute Gasteiger partial charge is 0.134 e. The Morgan fingerprint density at radius 3 is 1.83 bits per heavy atom. The van der Waals surface area contributed by atoms with Gasteiger partial charge in [-0.2, -0.15) is 0 Å². The topological polar surface area (TPSA) is 37.4 Å². The third kappa shape index (κ3) is 3.32. The van der Waals surface area contributed by atoms with Crippen molar-refractivity contribution in [3.05, 3.63) is 0 Å². The molecule has 0 N–H and O–H groups in total. The molecule has 18 heavy (non-hydrogen) atoms. The summed E-state index contributed by atoms with van der Waals surface area (Å²) in [6.45, 7) is 0. The minimum Gasteiger partial charge on any atom is -0.351 e. The first-order valence-electron chi connectivity index (χ1n) is 6.62. The van der Waals surface area contributed by atoms with E-state index < -0.39 is 0 Å². The van der Waals surface area contributed by atoms with E-state index >= 15 is 0 Å². The molecule has 0 bridgehead atoms. The van der Waals surface area contributed by atoms with Crippen LogP contribution in [0.2, 0.25) is 0 Å². The molecule has 3 nitrogen and oxygen atoms in total. The maximum absolute atomic E-state index is 11.6. The molecular weight excluding hydrogens is 266 g/mol. The second kappa shape index (κ2) is 6.15. The second-order valence-corrected chi connectivity index (χ2v) is 6.38. The number of Topliss-reactive ketones (excluding diaryl/α,β-unsaturated/α-hetero) is 2. The summed E-state index contributed by atoms with van der Waals surface area (Å²) < 4.78 is 0.536. The molecule has 2 unspecified atom stereocenters. The van der Waals surface area contributed by atoms with Crippen molar-refractivity contribution in [1.82, 2.24) is 4.90 Å². The van der Waals surface area contributed by atoms with Gasteiger partial charge >= 0.3 is 0 Å². The van der Waals surface area contributed by atoms with Gasteiger partial charge in [-0.3, -0.25) is 9.59 Å². The molecule has 2 atom stereocenters. The van der Waals surface area contributed by atoms with Gasteiger partial charge in [0.25, 0.3) is 0 Å². The Morgan fingerprint density at radius 2 is 1.50 bits per heavy atom. The number of rotatable bonds is 2. The van der Waals surface area contributed by atoms with E-state index in [1.54, 1.807) is 0 Å². The summed E-state index contributed by atoms with van der Waals surface area (Å²) in [4.78, 5) is 25.2. The summed E-state index contributed by atoms with van der Waals surface area (Å²) in [6, 6.07) is 0.319. The van der Waals surface area contributed by atoms with Gasteiger partial charge in [-0.25, -0.2) is 0 Å². The number of carbonyl (C=O) groups excluding carboxylic acids is 2. The standard InChI is InChI=1S/C13H19NO2S2/c15-11-5-1-3-9(7-11)14(13(17)18)10-4-2-6-12(16)8-10/h9-10H,1-8H2,(H,17,18). The first kappa shape index (κ1) is 14.0. The number of thiocarbonyl (C=S) groups is 1. The number of hydrogen-bond donors (Lipinski definition) is 1. The molecule has 2 fully saturated rings. The summed E-state index contributed by atoms with van der Waals surface area (Å²) in [5.74, 6) is 0.617. The Bertz CT molecular complexity index is 342. The van der Waals surface area contributed by atoms with Crippen molar-refractivity contribution in [2.75, 3.05) is 0 Å². The fraction of sp³-hybridized carbons (Fsp3) is 0.769. The van der Waals surface area contributed by atoms with Gasteiger partial charge < -0.3 is 4.90 Å². The summed E-state index contributed by atoms with van der Waals surface area (Å²) in [5, 5.41) is 0. The summed E-state index contributed by atoms with van der Waals surface area (Å²) in [5.41, 5.74) is 0. The van der Waals surface area contributed by atoms with E-state index in [0.717, 1.165) is 25.7 Å². The molecule has 0 heterocycles. The van der Waals surface area contributed by atoms with E-state index in [1.165, 1.54) is 0 Å². The predicted octanol–water partition coefficient (Wildman–Crippen LogP) is 2.53. The summed E-state index contributed by atoms with van der Waals surface area (Å²) in [7, 11) is 0. The lowest BCUT2D eigenvalue weighted by atomic mass is 9.88. The Kier molecular flexibility index (Phi) is 4.78. The lowest BCUT2D eigenvalue weighted by molar-refractivity contribution is -0.122. The van der Waals surface area contributed by atoms with Crippen molar-refractivity contribution in [2.45, 2.75) is 63.5 Å². The molecule has 2 aliphatic carbocycles. The Morgan fingerprint density at radius 1 is 1.06 bits per heavy atom. The van der Waals surface area contributed by atoms with E-state index in [1.807, 2.05) is 0 Å². The highest BCUT2D eigenvalue weighted by atomic mass is 32.1. The van der Waals surface area contributed by atoms with Crippen molar-refractivity contribution in [2.24, 2.45) is 0 Å². The number of hydrogen-bond acceptors (Lipinski definition) is 3. The lowest BCUT2D eigenvalue weighted by Gasteiger charge is -2.41. The highest BCUT2D eigenvalue weighted by Crippen LogP contribution is 2.29. The van der Waals surface area contributed by atoms with Crippen LogP contribution in [0.25, 0.3) is 0 Å². The molecule has 0 aromatic rings. The van der Waals surface area contributed by atoms with Gasteiger partial charge in [0.15, 0.2) is 0 Å². The lowest BCUT2D eigenvalue weighted by Crippen LogP contribution is -2.48. The fourth-order valence-corrected chi connectivity index (χ4v) is 3.71. The average Bonchev–Trinajstić information content (AvgIpc) is 2.28. The molecule has 0 radical (unpaired) electrons. The summed E-state index contributed by atoms with van der Waals surface area (Å²) in [6.07, 6.45) is 6.32. The van der Waals surface area contributed by atoms with Crippen LogP contribution in [0, 0.1) is 0 Å². The van der Waals surface area contributed by atoms with Crippen molar-refractivity contribution in [3.63, 3.8) is 0 Å². The van der Waals surface area contributed by atoms with Crippen LogP contribution in [-0.4, -0.2) is 32.9 Å². The van der Waals surface area contributed by atoms with Crippen LogP contribution in [0.15, 0.2) is 0 Å². The first-order chi connectivity index (χ1) is 8.58. The molecule has 5 heteroatoms. The minimum absolute atomic E-state index is 0.159. The fourth-order valence-electron chi connectivity index (χ4n) is 3.09. The molecular formula is C13H19NO2S2. The molecule has 0 aliphatic heterocycles. The number of carbonyl (C=O) groups is 2. The Hall–Kier alpha value is -0.420. The first-order valence-corrected chi connectivity index (χ1v) is 7.48. The second-order valence-electron chi connectivity index (χ2n) is 5.27. The molecule has 2 rings (SSSR count). The van der Waals surface area contributed by atoms with Crippen LogP contribution in [0.5, 0.6) is 0 Å². The third-order valence-corrected chi connectivity index (χ3v) is 4.36. The molecule has 2 aliphatic rings. The van der Waals surface area contributed by atoms with Crippen molar-refractivity contribution < 1.29 is 9.59 Å². The predicted molar refractivity (Wildman–Crippen MR) is 77.9 cm³/mol. The van der Waals surface area contributed by atoms with Crippen LogP contribution in [0.1, 0.15) is 51.4 Å². The van der Waals surface area contributed by atoms with E-state index in [4.69, 9.17) is 12.2 Å². The normalized spacial score (nSPS) is 29.2. The Labute approximate surface area is 119 Å². The number of nitrogens with zero attached hydrogens (tertiary/aromatic N) is 1. The van der Waals surface area contributed by atoms with Gasteiger partial charge in [0, 0.05) is 37.8 Å². The third-order valence-electron chi connectivity index (χ3n) is 3.92. The van der Waals surface area contributed by atoms with Crippen LogP contribution in [0.4, 0.5) is 0 Å². The van der Waals surface area contributed by atoms with Crippen LogP contribution >= 0.6 is 24.8 Å². The molecule has 0 amide bonds. The van der Waals surface area contributed by atoms with E-state index in [9.17, 15) is 9.59 Å². The van der Waals surface area contributed by atoms with Gasteiger partial charge in [0.2, 0.25) is 0 Å². The average molecular weight is 285 g/mol. The van der Waals surface area contributed by atoms with E-state index in [-0.39, 0.29) is 12.1 Å². The zero-order chi connectivity index (χ0) is 13.1. The zero-order valence-corrected chi connectivity index (χ0v) is 12.1. The van der Waals surface area contributed by atoms with Crippen LogP contribution in [0.3, 0.4) is 0 Å². The highest BCUT2D eigenvalue weighted by molar-refractivity contribution is 8.10. The Balaban J connectivity index is 2.09. The largest absolute Gasteiger partial charge is 0.351 e. The molecule has 2 saturated carbocycles. The summed E-state index contributed by atoms with van der Waals surface area (Å²) >= 11 is 9.53. The molecule has 0 aromatic heterocycles. The van der Waals surface area contributed by atoms with Crippen molar-refractivity contribution >= 4 is 40.7 Å². The molecule has 0 aromatic carbocycles. The van der Waals surface area contributed by atoms with Gasteiger partial charge in [-0.05, 0) is 25.7 Å².